The van der Waals surface area contributed by atoms with E-state index in [1.807, 2.05) is 0 Å². The summed E-state index contributed by atoms with van der Waals surface area (Å²) in [5.74, 6) is 0.871. The molecule has 0 unspecified atom stereocenters. The largest absolute Gasteiger partial charge is 0.381 e. The van der Waals surface area contributed by atoms with E-state index in [9.17, 15) is 0 Å². The Labute approximate surface area is 99.5 Å². The van der Waals surface area contributed by atoms with E-state index in [2.05, 4.69) is 17.3 Å². The molecule has 3 nitrogen and oxygen atoms in total. The summed E-state index contributed by atoms with van der Waals surface area (Å²) in [6.45, 7) is 5.64. The Bertz CT molecular complexity index is 188. The third-order valence-electron chi connectivity index (χ3n) is 3.64. The molecule has 3 heteroatoms. The molecule has 16 heavy (non-hydrogen) atoms. The summed E-state index contributed by atoms with van der Waals surface area (Å²) in [5, 5.41) is 3.57. The van der Waals surface area contributed by atoms with Crippen LogP contribution in [-0.2, 0) is 4.74 Å². The Hall–Kier alpha value is -0.120. The SMILES string of the molecule is CN(CCCNC1CC1)CC1CCOCC1. The fourth-order valence-corrected chi connectivity index (χ4v) is 2.40. The van der Waals surface area contributed by atoms with E-state index < -0.39 is 0 Å². The van der Waals surface area contributed by atoms with Crippen LogP contribution < -0.4 is 5.32 Å². The second-order valence-corrected chi connectivity index (χ2v) is 5.40. The lowest BCUT2D eigenvalue weighted by Gasteiger charge is -2.27. The highest BCUT2D eigenvalue weighted by molar-refractivity contribution is 4.80. The van der Waals surface area contributed by atoms with Crippen LogP contribution in [0, 0.1) is 5.92 Å². The van der Waals surface area contributed by atoms with Crippen molar-refractivity contribution < 1.29 is 4.74 Å². The van der Waals surface area contributed by atoms with Crippen molar-refractivity contribution in [2.24, 2.45) is 5.92 Å². The molecule has 0 atom stereocenters. The fourth-order valence-electron chi connectivity index (χ4n) is 2.40. The van der Waals surface area contributed by atoms with Crippen molar-refractivity contribution in [1.82, 2.24) is 10.2 Å². The van der Waals surface area contributed by atoms with Crippen molar-refractivity contribution in [2.75, 3.05) is 39.9 Å². The van der Waals surface area contributed by atoms with Crippen LogP contribution in [0.1, 0.15) is 32.1 Å². The Morgan fingerprint density at radius 3 is 2.62 bits per heavy atom. The molecule has 0 aromatic rings. The van der Waals surface area contributed by atoms with Crippen LogP contribution >= 0.6 is 0 Å². The van der Waals surface area contributed by atoms with Gasteiger partial charge in [-0.3, -0.25) is 0 Å². The van der Waals surface area contributed by atoms with E-state index in [-0.39, 0.29) is 0 Å². The summed E-state index contributed by atoms with van der Waals surface area (Å²) >= 11 is 0. The summed E-state index contributed by atoms with van der Waals surface area (Å²) in [4.78, 5) is 2.49. The van der Waals surface area contributed by atoms with E-state index >= 15 is 0 Å². The van der Waals surface area contributed by atoms with Crippen molar-refractivity contribution in [3.05, 3.63) is 0 Å². The highest BCUT2D eigenvalue weighted by Crippen LogP contribution is 2.18. The predicted octanol–water partition coefficient (Wildman–Crippen LogP) is 1.49. The van der Waals surface area contributed by atoms with Gasteiger partial charge in [-0.05, 0) is 58.2 Å². The molecule has 1 aliphatic heterocycles. The van der Waals surface area contributed by atoms with Crippen LogP contribution in [0.3, 0.4) is 0 Å². The minimum Gasteiger partial charge on any atom is -0.381 e. The minimum absolute atomic E-state index is 0.862. The van der Waals surface area contributed by atoms with Crippen LogP contribution in [0.2, 0.25) is 0 Å². The highest BCUT2D eigenvalue weighted by atomic mass is 16.5. The molecule has 2 aliphatic rings. The second kappa shape index (κ2) is 6.58. The van der Waals surface area contributed by atoms with Crippen molar-refractivity contribution in [3.63, 3.8) is 0 Å². The molecule has 2 rings (SSSR count). The molecular weight excluding hydrogens is 200 g/mol. The summed E-state index contributed by atoms with van der Waals surface area (Å²) in [7, 11) is 2.26. The maximum atomic E-state index is 5.38. The third-order valence-corrected chi connectivity index (χ3v) is 3.64. The monoisotopic (exact) mass is 226 g/mol. The summed E-state index contributed by atoms with van der Waals surface area (Å²) in [6.07, 6.45) is 6.60. The van der Waals surface area contributed by atoms with Crippen LogP contribution in [-0.4, -0.2) is 50.8 Å². The van der Waals surface area contributed by atoms with Crippen LogP contribution in [0.15, 0.2) is 0 Å². The fraction of sp³-hybridized carbons (Fsp3) is 1.00. The maximum Gasteiger partial charge on any atom is 0.0469 e. The standard InChI is InChI=1S/C13H26N2O/c1-15(8-2-7-14-13-3-4-13)11-12-5-9-16-10-6-12/h12-14H,2-11H2,1H3. The van der Waals surface area contributed by atoms with E-state index in [1.54, 1.807) is 0 Å². The number of hydrogen-bond acceptors (Lipinski definition) is 3. The van der Waals surface area contributed by atoms with Gasteiger partial charge in [-0.1, -0.05) is 0 Å². The van der Waals surface area contributed by atoms with Crippen molar-refractivity contribution in [1.29, 1.82) is 0 Å². The molecule has 0 amide bonds. The molecule has 1 saturated carbocycles. The molecule has 0 bridgehead atoms. The normalized spacial score (nSPS) is 22.9. The average Bonchev–Trinajstić information content (AvgIpc) is 3.10. The second-order valence-electron chi connectivity index (χ2n) is 5.40. The highest BCUT2D eigenvalue weighted by Gasteiger charge is 2.19. The average molecular weight is 226 g/mol. The molecule has 0 spiro atoms. The quantitative estimate of drug-likeness (QED) is 0.666. The summed E-state index contributed by atoms with van der Waals surface area (Å²) in [6, 6.07) is 0.862. The zero-order valence-corrected chi connectivity index (χ0v) is 10.6. The van der Waals surface area contributed by atoms with Gasteiger partial charge in [-0.15, -0.1) is 0 Å². The smallest absolute Gasteiger partial charge is 0.0469 e. The zero-order chi connectivity index (χ0) is 11.2. The van der Waals surface area contributed by atoms with Gasteiger partial charge >= 0.3 is 0 Å². The summed E-state index contributed by atoms with van der Waals surface area (Å²) in [5.41, 5.74) is 0. The first-order chi connectivity index (χ1) is 7.84. The Balaban J connectivity index is 1.47. The van der Waals surface area contributed by atoms with Gasteiger partial charge in [-0.2, -0.15) is 0 Å². The predicted molar refractivity (Wildman–Crippen MR) is 66.7 cm³/mol. The van der Waals surface area contributed by atoms with E-state index in [1.165, 1.54) is 51.7 Å². The third kappa shape index (κ3) is 4.81. The van der Waals surface area contributed by atoms with Crippen LogP contribution in [0.5, 0.6) is 0 Å². The molecule has 0 aromatic heterocycles. The molecule has 2 fully saturated rings. The summed E-state index contributed by atoms with van der Waals surface area (Å²) < 4.78 is 5.38. The number of nitrogens with zero attached hydrogens (tertiary/aromatic N) is 1. The van der Waals surface area contributed by atoms with E-state index in [4.69, 9.17) is 4.74 Å². The maximum absolute atomic E-state index is 5.38. The Kier molecular flexibility index (Phi) is 5.07. The van der Waals surface area contributed by atoms with Crippen LogP contribution in [0.4, 0.5) is 0 Å². The molecule has 1 heterocycles. The molecule has 1 aliphatic carbocycles. The van der Waals surface area contributed by atoms with Crippen molar-refractivity contribution in [3.8, 4) is 0 Å². The van der Waals surface area contributed by atoms with Gasteiger partial charge in [-0.25, -0.2) is 0 Å². The van der Waals surface area contributed by atoms with Gasteiger partial charge in [0.05, 0.1) is 0 Å². The number of hydrogen-bond donors (Lipinski definition) is 1. The first-order valence-corrected chi connectivity index (χ1v) is 6.84. The van der Waals surface area contributed by atoms with Gasteiger partial charge < -0.3 is 15.0 Å². The van der Waals surface area contributed by atoms with Crippen molar-refractivity contribution >= 4 is 0 Å². The first kappa shape index (κ1) is 12.3. The van der Waals surface area contributed by atoms with E-state index in [0.29, 0.717) is 0 Å². The van der Waals surface area contributed by atoms with Gasteiger partial charge in [0, 0.05) is 25.8 Å². The Morgan fingerprint density at radius 2 is 1.94 bits per heavy atom. The minimum atomic E-state index is 0.862. The zero-order valence-electron chi connectivity index (χ0n) is 10.6. The molecule has 94 valence electrons. The Morgan fingerprint density at radius 1 is 1.19 bits per heavy atom. The van der Waals surface area contributed by atoms with Gasteiger partial charge in [0.15, 0.2) is 0 Å². The van der Waals surface area contributed by atoms with E-state index in [0.717, 1.165) is 25.2 Å². The lowest BCUT2D eigenvalue weighted by Crippen LogP contribution is -2.31. The molecule has 1 N–H and O–H groups in total. The van der Waals surface area contributed by atoms with Gasteiger partial charge in [0.1, 0.15) is 0 Å². The van der Waals surface area contributed by atoms with Crippen molar-refractivity contribution in [2.45, 2.75) is 38.1 Å². The molecular formula is C13H26N2O. The number of ether oxygens (including phenoxy) is 1. The molecule has 1 saturated heterocycles. The molecule has 0 aromatic carbocycles. The van der Waals surface area contributed by atoms with Gasteiger partial charge in [0.2, 0.25) is 0 Å². The number of rotatable bonds is 7. The number of nitrogens with one attached hydrogen (secondary N) is 1. The van der Waals surface area contributed by atoms with Crippen LogP contribution in [0.25, 0.3) is 0 Å². The topological polar surface area (TPSA) is 24.5 Å². The first-order valence-electron chi connectivity index (χ1n) is 6.84. The van der Waals surface area contributed by atoms with Gasteiger partial charge in [0.25, 0.3) is 0 Å². The molecule has 0 radical (unpaired) electrons. The lowest BCUT2D eigenvalue weighted by atomic mass is 10.00. The lowest BCUT2D eigenvalue weighted by molar-refractivity contribution is 0.0556.